The summed E-state index contributed by atoms with van der Waals surface area (Å²) >= 11 is 0. The number of imidazole rings is 1. The normalized spacial score (nSPS) is 8.67. The third-order valence-corrected chi connectivity index (χ3v) is 2.62. The molecule has 0 spiro atoms. The van der Waals surface area contributed by atoms with Gasteiger partial charge in [-0.3, -0.25) is 10.2 Å². The Hall–Kier alpha value is -2.00. The number of hydrogen-bond acceptors (Lipinski definition) is 3. The Bertz CT molecular complexity index is 641. The predicted molar refractivity (Wildman–Crippen MR) is 86.2 cm³/mol. The zero-order valence-electron chi connectivity index (χ0n) is 11.4. The first-order chi connectivity index (χ1) is 9.19. The van der Waals surface area contributed by atoms with Gasteiger partial charge in [0.1, 0.15) is 0 Å². The van der Waals surface area contributed by atoms with Crippen LogP contribution in [-0.4, -0.2) is 15.5 Å². The molecule has 0 aliphatic carbocycles. The number of aromatic nitrogens is 2. The smallest absolute Gasteiger partial charge is 0.238 e. The molecule has 2 aromatic rings. The second kappa shape index (κ2) is 9.03. The second-order valence-electron chi connectivity index (χ2n) is 4.05. The Labute approximate surface area is 135 Å². The highest BCUT2D eigenvalue weighted by molar-refractivity contribution is 5.85. The summed E-state index contributed by atoms with van der Waals surface area (Å²) in [4.78, 5) is 15.2. The molecule has 1 aromatic heterocycles. The van der Waals surface area contributed by atoms with Gasteiger partial charge < -0.3 is 4.57 Å². The summed E-state index contributed by atoms with van der Waals surface area (Å²) in [5.74, 6) is 11.5. The van der Waals surface area contributed by atoms with Crippen molar-refractivity contribution < 1.29 is 4.79 Å². The van der Waals surface area contributed by atoms with Crippen LogP contribution in [0.3, 0.4) is 0 Å². The van der Waals surface area contributed by atoms with E-state index in [1.54, 1.807) is 6.20 Å². The molecule has 0 saturated carbocycles. The molecular formula is C14H16Cl2N4O. The van der Waals surface area contributed by atoms with Gasteiger partial charge in [-0.05, 0) is 23.6 Å². The van der Waals surface area contributed by atoms with Crippen LogP contribution in [0.4, 0.5) is 0 Å². The maximum absolute atomic E-state index is 11.1. The zero-order valence-corrected chi connectivity index (χ0v) is 13.0. The van der Waals surface area contributed by atoms with Crippen LogP contribution in [-0.2, 0) is 18.3 Å². The maximum atomic E-state index is 11.1. The topological polar surface area (TPSA) is 72.9 Å². The highest BCUT2D eigenvalue weighted by Crippen LogP contribution is 2.04. The van der Waals surface area contributed by atoms with E-state index in [9.17, 15) is 4.79 Å². The fourth-order valence-electron chi connectivity index (χ4n) is 1.56. The molecule has 5 nitrogen and oxygen atoms in total. The van der Waals surface area contributed by atoms with Crippen molar-refractivity contribution in [1.29, 1.82) is 0 Å². The molecule has 0 unspecified atom stereocenters. The van der Waals surface area contributed by atoms with Gasteiger partial charge in [-0.15, -0.1) is 24.8 Å². The van der Waals surface area contributed by atoms with Gasteiger partial charge in [0, 0.05) is 25.0 Å². The van der Waals surface area contributed by atoms with Crippen LogP contribution in [0, 0.1) is 11.8 Å². The van der Waals surface area contributed by atoms with Gasteiger partial charge in [-0.25, -0.2) is 10.8 Å². The first-order valence-corrected chi connectivity index (χ1v) is 5.77. The van der Waals surface area contributed by atoms with Crippen LogP contribution >= 0.6 is 24.8 Å². The van der Waals surface area contributed by atoms with E-state index < -0.39 is 0 Å². The maximum Gasteiger partial charge on any atom is 0.238 e. The highest BCUT2D eigenvalue weighted by atomic mass is 35.5. The molecule has 0 aliphatic rings. The number of amides is 1. The monoisotopic (exact) mass is 326 g/mol. The quantitative estimate of drug-likeness (QED) is 0.377. The van der Waals surface area contributed by atoms with Crippen LogP contribution in [0.25, 0.3) is 0 Å². The highest BCUT2D eigenvalue weighted by Gasteiger charge is 2.00. The van der Waals surface area contributed by atoms with Gasteiger partial charge in [-0.2, -0.15) is 0 Å². The van der Waals surface area contributed by atoms with Crippen molar-refractivity contribution in [2.75, 3.05) is 0 Å². The molecule has 0 aliphatic heterocycles. The average molecular weight is 327 g/mol. The van der Waals surface area contributed by atoms with E-state index in [1.807, 2.05) is 42.1 Å². The predicted octanol–water partition coefficient (Wildman–Crippen LogP) is 1.20. The Morgan fingerprint density at radius 1 is 1.29 bits per heavy atom. The SMILES string of the molecule is Cl.Cl.Cn1ccnc1C#Cc1ccc(CC(=O)NN)cc1. The van der Waals surface area contributed by atoms with E-state index in [4.69, 9.17) is 5.84 Å². The van der Waals surface area contributed by atoms with Crippen molar-refractivity contribution in [3.05, 3.63) is 53.6 Å². The lowest BCUT2D eigenvalue weighted by Crippen LogP contribution is -2.31. The molecule has 0 saturated heterocycles. The molecule has 0 atom stereocenters. The summed E-state index contributed by atoms with van der Waals surface area (Å²) in [5.41, 5.74) is 3.87. The van der Waals surface area contributed by atoms with Crippen LogP contribution < -0.4 is 11.3 Å². The molecule has 1 aromatic carbocycles. The lowest BCUT2D eigenvalue weighted by Gasteiger charge is -1.99. The summed E-state index contributed by atoms with van der Waals surface area (Å²) in [5, 5.41) is 0. The van der Waals surface area contributed by atoms with Crippen molar-refractivity contribution in [3.63, 3.8) is 0 Å². The second-order valence-corrected chi connectivity index (χ2v) is 4.05. The Kier molecular flexibility index (Phi) is 8.17. The molecule has 112 valence electrons. The molecule has 21 heavy (non-hydrogen) atoms. The Morgan fingerprint density at radius 2 is 1.95 bits per heavy atom. The first kappa shape index (κ1) is 19.0. The van der Waals surface area contributed by atoms with Gasteiger partial charge in [0.25, 0.3) is 0 Å². The number of nitrogens with two attached hydrogens (primary N) is 1. The molecule has 1 heterocycles. The number of hydrazine groups is 1. The fourth-order valence-corrected chi connectivity index (χ4v) is 1.56. The Morgan fingerprint density at radius 3 is 2.48 bits per heavy atom. The third-order valence-electron chi connectivity index (χ3n) is 2.62. The van der Waals surface area contributed by atoms with Crippen LogP contribution in [0.1, 0.15) is 17.0 Å². The van der Waals surface area contributed by atoms with Gasteiger partial charge >= 0.3 is 0 Å². The van der Waals surface area contributed by atoms with Crippen LogP contribution in [0.15, 0.2) is 36.7 Å². The first-order valence-electron chi connectivity index (χ1n) is 5.77. The summed E-state index contributed by atoms with van der Waals surface area (Å²) in [6.07, 6.45) is 3.82. The van der Waals surface area contributed by atoms with Gasteiger partial charge in [0.05, 0.1) is 6.42 Å². The number of carbonyl (C=O) groups is 1. The lowest BCUT2D eigenvalue weighted by molar-refractivity contribution is -0.120. The average Bonchev–Trinajstić information content (AvgIpc) is 2.83. The van der Waals surface area contributed by atoms with Crippen molar-refractivity contribution >= 4 is 30.7 Å². The molecule has 3 N–H and O–H groups in total. The van der Waals surface area contributed by atoms with E-state index >= 15 is 0 Å². The van der Waals surface area contributed by atoms with E-state index in [1.165, 1.54) is 0 Å². The number of hydrogen-bond donors (Lipinski definition) is 2. The summed E-state index contributed by atoms with van der Waals surface area (Å²) in [6, 6.07) is 7.46. The molecular weight excluding hydrogens is 311 g/mol. The standard InChI is InChI=1S/C14H14N4O.2ClH/c1-18-9-8-16-13(18)7-6-11-2-4-12(5-3-11)10-14(19)17-15;;/h2-5,8-9H,10,15H2,1H3,(H,17,19);2*1H. The molecule has 1 amide bonds. The molecule has 0 fully saturated rings. The number of halogens is 2. The summed E-state index contributed by atoms with van der Waals surface area (Å²) in [7, 11) is 1.89. The van der Waals surface area contributed by atoms with Crippen molar-refractivity contribution in [2.45, 2.75) is 6.42 Å². The van der Waals surface area contributed by atoms with Crippen molar-refractivity contribution in [3.8, 4) is 11.8 Å². The lowest BCUT2D eigenvalue weighted by atomic mass is 10.1. The minimum atomic E-state index is -0.216. The van der Waals surface area contributed by atoms with Gasteiger partial charge in [0.15, 0.2) is 5.82 Å². The minimum Gasteiger partial charge on any atom is -0.327 e. The molecule has 7 heteroatoms. The largest absolute Gasteiger partial charge is 0.327 e. The van der Waals surface area contributed by atoms with Crippen molar-refractivity contribution in [1.82, 2.24) is 15.0 Å². The summed E-state index contributed by atoms with van der Waals surface area (Å²) < 4.78 is 1.85. The number of carbonyl (C=O) groups excluding carboxylic acids is 1. The van der Waals surface area contributed by atoms with E-state index in [0.29, 0.717) is 5.82 Å². The van der Waals surface area contributed by atoms with Crippen LogP contribution in [0.5, 0.6) is 0 Å². The number of nitrogens with one attached hydrogen (secondary N) is 1. The number of aryl methyl sites for hydroxylation is 1. The number of nitrogens with zero attached hydrogens (tertiary/aromatic N) is 2. The number of rotatable bonds is 2. The fraction of sp³-hybridized carbons (Fsp3) is 0.143. The zero-order chi connectivity index (χ0) is 13.7. The third kappa shape index (κ3) is 5.48. The Balaban J connectivity index is 0.00000200. The minimum absolute atomic E-state index is 0. The molecule has 0 bridgehead atoms. The van der Waals surface area contributed by atoms with E-state index in [0.717, 1.165) is 11.1 Å². The summed E-state index contributed by atoms with van der Waals surface area (Å²) in [6.45, 7) is 0. The van der Waals surface area contributed by atoms with Gasteiger partial charge in [-0.1, -0.05) is 18.1 Å². The number of benzene rings is 1. The molecule has 2 rings (SSSR count). The van der Waals surface area contributed by atoms with E-state index in [2.05, 4.69) is 22.3 Å². The van der Waals surface area contributed by atoms with E-state index in [-0.39, 0.29) is 37.1 Å². The van der Waals surface area contributed by atoms with Gasteiger partial charge in [0.2, 0.25) is 5.91 Å². The van der Waals surface area contributed by atoms with Crippen LogP contribution in [0.2, 0.25) is 0 Å². The van der Waals surface area contributed by atoms with Crippen molar-refractivity contribution in [2.24, 2.45) is 12.9 Å². The molecule has 0 radical (unpaired) electrons.